The van der Waals surface area contributed by atoms with Gasteiger partial charge in [-0.05, 0) is 31.6 Å². The van der Waals surface area contributed by atoms with Gasteiger partial charge in [0.15, 0.2) is 0 Å². The first kappa shape index (κ1) is 11.4. The Balaban J connectivity index is 1.66. The monoisotopic (exact) mass is 225 g/mol. The van der Waals surface area contributed by atoms with Crippen molar-refractivity contribution < 1.29 is 14.7 Å². The van der Waals surface area contributed by atoms with E-state index in [0.29, 0.717) is 12.8 Å². The predicted octanol–water partition coefficient (Wildman–Crippen LogP) is 1.40. The maximum atomic E-state index is 11.7. The Hall–Kier alpha value is -1.06. The Labute approximate surface area is 95.4 Å². The second-order valence-corrected chi connectivity index (χ2v) is 5.07. The minimum atomic E-state index is -0.756. The molecule has 0 spiro atoms. The van der Waals surface area contributed by atoms with Crippen molar-refractivity contribution in [1.29, 1.82) is 0 Å². The molecule has 2 unspecified atom stereocenters. The van der Waals surface area contributed by atoms with Crippen molar-refractivity contribution in [2.45, 2.75) is 38.5 Å². The van der Waals surface area contributed by atoms with E-state index in [9.17, 15) is 9.59 Å². The summed E-state index contributed by atoms with van der Waals surface area (Å²) in [5, 5.41) is 11.8. The Bertz CT molecular complexity index is 286. The van der Waals surface area contributed by atoms with Gasteiger partial charge in [0.2, 0.25) is 5.91 Å². The highest BCUT2D eigenvalue weighted by molar-refractivity contribution is 5.80. The number of carboxylic acids is 1. The molecule has 16 heavy (non-hydrogen) atoms. The second kappa shape index (κ2) is 4.85. The number of carbonyl (C=O) groups is 2. The van der Waals surface area contributed by atoms with E-state index in [1.807, 2.05) is 0 Å². The van der Waals surface area contributed by atoms with Crippen molar-refractivity contribution in [3.05, 3.63) is 0 Å². The summed E-state index contributed by atoms with van der Waals surface area (Å²) < 4.78 is 0. The average Bonchev–Trinajstić information content (AvgIpc) is 2.93. The lowest BCUT2D eigenvalue weighted by atomic mass is 10.0. The molecule has 0 radical (unpaired) electrons. The molecule has 0 aromatic carbocycles. The van der Waals surface area contributed by atoms with Crippen LogP contribution in [0.1, 0.15) is 38.5 Å². The molecule has 2 atom stereocenters. The van der Waals surface area contributed by atoms with Gasteiger partial charge in [-0.3, -0.25) is 9.59 Å². The van der Waals surface area contributed by atoms with E-state index in [1.54, 1.807) is 0 Å². The van der Waals surface area contributed by atoms with Gasteiger partial charge in [0, 0.05) is 12.5 Å². The lowest BCUT2D eigenvalue weighted by molar-refractivity contribution is -0.141. The number of rotatable bonds is 5. The highest BCUT2D eigenvalue weighted by Gasteiger charge is 2.33. The van der Waals surface area contributed by atoms with Gasteiger partial charge in [0.25, 0.3) is 0 Å². The van der Waals surface area contributed by atoms with Gasteiger partial charge in [-0.15, -0.1) is 0 Å². The SMILES string of the molecule is O=C(O)C1CCC(C(=O)NCCC2CC2)C1. The highest BCUT2D eigenvalue weighted by Crippen LogP contribution is 2.32. The van der Waals surface area contributed by atoms with Crippen LogP contribution in [0, 0.1) is 17.8 Å². The molecule has 0 heterocycles. The van der Waals surface area contributed by atoms with Crippen molar-refractivity contribution in [2.24, 2.45) is 17.8 Å². The van der Waals surface area contributed by atoms with Gasteiger partial charge in [0.05, 0.1) is 5.92 Å². The summed E-state index contributed by atoms with van der Waals surface area (Å²) in [6.07, 6.45) is 5.59. The summed E-state index contributed by atoms with van der Waals surface area (Å²) >= 11 is 0. The molecule has 4 heteroatoms. The Morgan fingerprint density at radius 2 is 1.81 bits per heavy atom. The molecule has 90 valence electrons. The summed E-state index contributed by atoms with van der Waals surface area (Å²) in [5.41, 5.74) is 0. The van der Waals surface area contributed by atoms with Crippen LogP contribution in [0.4, 0.5) is 0 Å². The zero-order valence-electron chi connectivity index (χ0n) is 9.45. The lowest BCUT2D eigenvalue weighted by Gasteiger charge is -2.10. The molecule has 2 N–H and O–H groups in total. The Kier molecular flexibility index (Phi) is 3.46. The molecule has 0 aliphatic heterocycles. The third-order valence-electron chi connectivity index (χ3n) is 3.70. The fourth-order valence-electron chi connectivity index (χ4n) is 2.39. The van der Waals surface area contributed by atoms with Crippen LogP contribution in [0.25, 0.3) is 0 Å². The molecular weight excluding hydrogens is 206 g/mol. The number of hydrogen-bond donors (Lipinski definition) is 2. The van der Waals surface area contributed by atoms with E-state index in [1.165, 1.54) is 12.8 Å². The number of hydrogen-bond acceptors (Lipinski definition) is 2. The summed E-state index contributed by atoms with van der Waals surface area (Å²) in [5.74, 6) is -0.243. The fraction of sp³-hybridized carbons (Fsp3) is 0.833. The van der Waals surface area contributed by atoms with E-state index in [4.69, 9.17) is 5.11 Å². The molecule has 2 saturated carbocycles. The van der Waals surface area contributed by atoms with Crippen molar-refractivity contribution in [3.63, 3.8) is 0 Å². The maximum Gasteiger partial charge on any atom is 0.306 e. The van der Waals surface area contributed by atoms with E-state index >= 15 is 0 Å². The van der Waals surface area contributed by atoms with Gasteiger partial charge >= 0.3 is 5.97 Å². The van der Waals surface area contributed by atoms with Crippen LogP contribution >= 0.6 is 0 Å². The molecule has 4 nitrogen and oxygen atoms in total. The summed E-state index contributed by atoms with van der Waals surface area (Å²) in [6.45, 7) is 0.762. The van der Waals surface area contributed by atoms with Crippen molar-refractivity contribution >= 4 is 11.9 Å². The van der Waals surface area contributed by atoms with Crippen LogP contribution < -0.4 is 5.32 Å². The fourth-order valence-corrected chi connectivity index (χ4v) is 2.39. The third-order valence-corrected chi connectivity index (χ3v) is 3.70. The largest absolute Gasteiger partial charge is 0.481 e. The van der Waals surface area contributed by atoms with Crippen LogP contribution in [0.2, 0.25) is 0 Å². The van der Waals surface area contributed by atoms with E-state index in [0.717, 1.165) is 25.3 Å². The first-order chi connectivity index (χ1) is 7.66. The van der Waals surface area contributed by atoms with Gasteiger partial charge < -0.3 is 10.4 Å². The van der Waals surface area contributed by atoms with Gasteiger partial charge in [-0.2, -0.15) is 0 Å². The molecule has 2 rings (SSSR count). The minimum absolute atomic E-state index is 0.0596. The van der Waals surface area contributed by atoms with Gasteiger partial charge in [-0.1, -0.05) is 12.8 Å². The maximum absolute atomic E-state index is 11.7. The average molecular weight is 225 g/mol. The molecule has 0 saturated heterocycles. The first-order valence-electron chi connectivity index (χ1n) is 6.17. The number of carbonyl (C=O) groups excluding carboxylic acids is 1. The summed E-state index contributed by atoms with van der Waals surface area (Å²) in [4.78, 5) is 22.5. The van der Waals surface area contributed by atoms with Gasteiger partial charge in [-0.25, -0.2) is 0 Å². The molecule has 0 aromatic heterocycles. The summed E-state index contributed by atoms with van der Waals surface area (Å²) in [7, 11) is 0. The van der Waals surface area contributed by atoms with Crippen LogP contribution in [0.3, 0.4) is 0 Å². The van der Waals surface area contributed by atoms with E-state index < -0.39 is 5.97 Å². The second-order valence-electron chi connectivity index (χ2n) is 5.07. The zero-order valence-corrected chi connectivity index (χ0v) is 9.45. The normalized spacial score (nSPS) is 29.0. The minimum Gasteiger partial charge on any atom is -0.481 e. The van der Waals surface area contributed by atoms with E-state index in [-0.39, 0.29) is 17.7 Å². The van der Waals surface area contributed by atoms with Crippen molar-refractivity contribution in [3.8, 4) is 0 Å². The number of nitrogens with one attached hydrogen (secondary N) is 1. The molecule has 2 aliphatic carbocycles. The molecular formula is C12H19NO3. The zero-order chi connectivity index (χ0) is 11.5. The van der Waals surface area contributed by atoms with Gasteiger partial charge in [0.1, 0.15) is 0 Å². The quantitative estimate of drug-likeness (QED) is 0.743. The highest BCUT2D eigenvalue weighted by atomic mass is 16.4. The van der Waals surface area contributed by atoms with E-state index in [2.05, 4.69) is 5.32 Å². The van der Waals surface area contributed by atoms with Crippen molar-refractivity contribution in [1.82, 2.24) is 5.32 Å². The van der Waals surface area contributed by atoms with Crippen LogP contribution in [-0.2, 0) is 9.59 Å². The molecule has 0 bridgehead atoms. The number of aliphatic carboxylic acids is 1. The first-order valence-corrected chi connectivity index (χ1v) is 6.17. The predicted molar refractivity (Wildman–Crippen MR) is 58.8 cm³/mol. The molecule has 1 amide bonds. The molecule has 2 fully saturated rings. The Morgan fingerprint density at radius 3 is 2.38 bits per heavy atom. The van der Waals surface area contributed by atoms with Crippen LogP contribution in [-0.4, -0.2) is 23.5 Å². The molecule has 0 aromatic rings. The smallest absolute Gasteiger partial charge is 0.306 e. The number of carboxylic acid groups (broad SMARTS) is 1. The van der Waals surface area contributed by atoms with Crippen LogP contribution in [0.15, 0.2) is 0 Å². The van der Waals surface area contributed by atoms with Crippen molar-refractivity contribution in [2.75, 3.05) is 6.54 Å². The lowest BCUT2D eigenvalue weighted by Crippen LogP contribution is -2.30. The number of amides is 1. The standard InChI is InChI=1S/C12H19NO3/c14-11(13-6-5-8-1-2-8)9-3-4-10(7-9)12(15)16/h8-10H,1-7H2,(H,13,14)(H,15,16). The van der Waals surface area contributed by atoms with Crippen LogP contribution in [0.5, 0.6) is 0 Å². The third kappa shape index (κ3) is 2.97. The topological polar surface area (TPSA) is 66.4 Å². The Morgan fingerprint density at radius 1 is 1.12 bits per heavy atom. The summed E-state index contributed by atoms with van der Waals surface area (Å²) in [6, 6.07) is 0. The molecule has 2 aliphatic rings.